The number of ketones is 1. The Morgan fingerprint density at radius 2 is 1.89 bits per heavy atom. The third-order valence-electron chi connectivity index (χ3n) is 4.61. The monoisotopic (exact) mass is 387 g/mol. The second kappa shape index (κ2) is 7.56. The molecule has 1 aliphatic carbocycles. The highest BCUT2D eigenvalue weighted by Gasteiger charge is 2.24. The first-order valence-corrected chi connectivity index (χ1v) is 9.91. The zero-order chi connectivity index (χ0) is 18.8. The maximum absolute atomic E-state index is 13.1. The molecule has 2 aromatic rings. The van der Waals surface area contributed by atoms with Gasteiger partial charge in [0.25, 0.3) is 0 Å². The summed E-state index contributed by atoms with van der Waals surface area (Å²) in [4.78, 5) is 29.5. The lowest BCUT2D eigenvalue weighted by molar-refractivity contribution is -0.114. The number of hydrogen-bond acceptors (Lipinski definition) is 7. The Morgan fingerprint density at radius 1 is 1.15 bits per heavy atom. The summed E-state index contributed by atoms with van der Waals surface area (Å²) in [6.07, 6.45) is 4.59. The Balaban J connectivity index is 1.62. The van der Waals surface area contributed by atoms with Gasteiger partial charge in [0.15, 0.2) is 22.4 Å². The van der Waals surface area contributed by atoms with Gasteiger partial charge in [-0.3, -0.25) is 9.59 Å². The molecular weight excluding hydrogens is 366 g/mol. The number of benzene rings is 1. The van der Waals surface area contributed by atoms with Gasteiger partial charge < -0.3 is 20.1 Å². The van der Waals surface area contributed by atoms with E-state index in [9.17, 15) is 9.59 Å². The first-order chi connectivity index (χ1) is 13.1. The molecule has 1 aromatic carbocycles. The van der Waals surface area contributed by atoms with Gasteiger partial charge in [0, 0.05) is 18.5 Å². The van der Waals surface area contributed by atoms with Crippen molar-refractivity contribution in [3.05, 3.63) is 28.6 Å². The molecule has 0 saturated heterocycles. The molecule has 2 aliphatic rings. The number of carbonyl (C=O) groups excluding carboxylic acids is 2. The van der Waals surface area contributed by atoms with Crippen molar-refractivity contribution in [1.29, 1.82) is 0 Å². The third-order valence-corrected chi connectivity index (χ3v) is 5.60. The lowest BCUT2D eigenvalue weighted by Gasteiger charge is -2.18. The maximum atomic E-state index is 13.1. The van der Waals surface area contributed by atoms with Crippen LogP contribution in [0.25, 0.3) is 0 Å². The molecule has 4 rings (SSSR count). The summed E-state index contributed by atoms with van der Waals surface area (Å²) in [5, 5.41) is 6.72. The molecule has 0 unspecified atom stereocenters. The lowest BCUT2D eigenvalue weighted by Crippen LogP contribution is -2.16. The molecule has 1 amide bonds. The van der Waals surface area contributed by atoms with E-state index >= 15 is 0 Å². The van der Waals surface area contributed by atoms with Gasteiger partial charge in [0.2, 0.25) is 11.7 Å². The van der Waals surface area contributed by atoms with Crippen LogP contribution in [-0.4, -0.2) is 35.9 Å². The Labute approximate surface area is 161 Å². The van der Waals surface area contributed by atoms with Crippen LogP contribution in [0.4, 0.5) is 10.9 Å². The van der Waals surface area contributed by atoms with Crippen LogP contribution in [0.5, 0.6) is 11.5 Å². The predicted molar refractivity (Wildman–Crippen MR) is 103 cm³/mol. The number of thiazole rings is 1. The number of amides is 1. The average molecular weight is 387 g/mol. The molecule has 1 aliphatic heterocycles. The van der Waals surface area contributed by atoms with E-state index in [4.69, 9.17) is 9.47 Å². The number of carbonyl (C=O) groups is 2. The summed E-state index contributed by atoms with van der Waals surface area (Å²) >= 11 is 1.27. The van der Waals surface area contributed by atoms with E-state index in [0.717, 1.165) is 12.8 Å². The zero-order valence-corrected chi connectivity index (χ0v) is 15.9. The van der Waals surface area contributed by atoms with E-state index < -0.39 is 0 Å². The standard InChI is InChI=1S/C19H21N3O4S/c1-11(23)20-18-17(27-19(22-18)21-13-4-2-3-5-13)16(24)12-6-7-14-15(10-12)26-9-8-25-14/h6-7,10,13H,2-5,8-9H2,1H3,(H,20,23)(H,21,22). The van der Waals surface area contributed by atoms with Gasteiger partial charge in [-0.15, -0.1) is 0 Å². The van der Waals surface area contributed by atoms with E-state index in [1.807, 2.05) is 0 Å². The first kappa shape index (κ1) is 17.8. The van der Waals surface area contributed by atoms with Crippen LogP contribution in [0.15, 0.2) is 18.2 Å². The second-order valence-electron chi connectivity index (χ2n) is 6.69. The molecule has 2 heterocycles. The van der Waals surface area contributed by atoms with Crippen LogP contribution in [-0.2, 0) is 4.79 Å². The summed E-state index contributed by atoms with van der Waals surface area (Å²) < 4.78 is 11.1. The Morgan fingerprint density at radius 3 is 2.63 bits per heavy atom. The van der Waals surface area contributed by atoms with Crippen molar-refractivity contribution in [2.75, 3.05) is 23.8 Å². The number of fused-ring (bicyclic) bond motifs is 1. The summed E-state index contributed by atoms with van der Waals surface area (Å²) in [6, 6.07) is 5.49. The quantitative estimate of drug-likeness (QED) is 0.764. The molecule has 0 spiro atoms. The maximum Gasteiger partial charge on any atom is 0.222 e. The zero-order valence-electron chi connectivity index (χ0n) is 15.0. The van der Waals surface area contributed by atoms with Crippen LogP contribution < -0.4 is 20.1 Å². The molecule has 0 bridgehead atoms. The van der Waals surface area contributed by atoms with Gasteiger partial charge in [0.1, 0.15) is 18.1 Å². The fourth-order valence-electron chi connectivity index (χ4n) is 3.35. The normalized spacial score (nSPS) is 16.2. The first-order valence-electron chi connectivity index (χ1n) is 9.09. The molecule has 1 fully saturated rings. The number of rotatable bonds is 5. The topological polar surface area (TPSA) is 89.6 Å². The van der Waals surface area contributed by atoms with Crippen LogP contribution in [0.1, 0.15) is 47.8 Å². The minimum atomic E-state index is -0.260. The Bertz CT molecular complexity index is 874. The van der Waals surface area contributed by atoms with Gasteiger partial charge in [-0.2, -0.15) is 0 Å². The van der Waals surface area contributed by atoms with Crippen LogP contribution in [0, 0.1) is 0 Å². The molecule has 8 heteroatoms. The summed E-state index contributed by atoms with van der Waals surface area (Å²) in [7, 11) is 0. The molecule has 2 N–H and O–H groups in total. The molecule has 0 atom stereocenters. The van der Waals surface area contributed by atoms with E-state index in [-0.39, 0.29) is 11.7 Å². The van der Waals surface area contributed by atoms with Crippen molar-refractivity contribution in [3.8, 4) is 11.5 Å². The number of nitrogens with zero attached hydrogens (tertiary/aromatic N) is 1. The van der Waals surface area contributed by atoms with E-state index in [1.165, 1.54) is 31.1 Å². The number of ether oxygens (including phenoxy) is 2. The van der Waals surface area contributed by atoms with E-state index in [0.29, 0.717) is 52.1 Å². The van der Waals surface area contributed by atoms with Gasteiger partial charge in [0.05, 0.1) is 0 Å². The van der Waals surface area contributed by atoms with Gasteiger partial charge in [-0.25, -0.2) is 4.98 Å². The summed E-state index contributed by atoms with van der Waals surface area (Å²) in [6.45, 7) is 2.36. The van der Waals surface area contributed by atoms with Gasteiger partial charge >= 0.3 is 0 Å². The molecule has 27 heavy (non-hydrogen) atoms. The van der Waals surface area contributed by atoms with Crippen molar-refractivity contribution in [2.45, 2.75) is 38.6 Å². The highest BCUT2D eigenvalue weighted by atomic mass is 32.1. The smallest absolute Gasteiger partial charge is 0.222 e. The van der Waals surface area contributed by atoms with Gasteiger partial charge in [-0.05, 0) is 31.0 Å². The molecule has 142 valence electrons. The molecule has 7 nitrogen and oxygen atoms in total. The average Bonchev–Trinajstić information content (AvgIpc) is 3.30. The van der Waals surface area contributed by atoms with Crippen LogP contribution >= 0.6 is 11.3 Å². The fourth-order valence-corrected chi connectivity index (χ4v) is 4.31. The summed E-state index contributed by atoms with van der Waals surface area (Å²) in [5.41, 5.74) is 0.474. The number of aromatic nitrogens is 1. The third kappa shape index (κ3) is 3.90. The van der Waals surface area contributed by atoms with Gasteiger partial charge in [-0.1, -0.05) is 24.2 Å². The SMILES string of the molecule is CC(=O)Nc1nc(NC2CCCC2)sc1C(=O)c1ccc2c(c1)OCCO2. The Kier molecular flexibility index (Phi) is 4.98. The fraction of sp³-hybridized carbons (Fsp3) is 0.421. The summed E-state index contributed by atoms with van der Waals surface area (Å²) in [5.74, 6) is 1.03. The number of nitrogens with one attached hydrogen (secondary N) is 2. The van der Waals surface area contributed by atoms with Crippen molar-refractivity contribution >= 4 is 34.0 Å². The van der Waals surface area contributed by atoms with Crippen LogP contribution in [0.2, 0.25) is 0 Å². The second-order valence-corrected chi connectivity index (χ2v) is 7.69. The minimum Gasteiger partial charge on any atom is -0.486 e. The number of anilines is 2. The Hall–Kier alpha value is -2.61. The predicted octanol–water partition coefficient (Wildman–Crippen LogP) is 3.46. The highest BCUT2D eigenvalue weighted by molar-refractivity contribution is 7.18. The largest absolute Gasteiger partial charge is 0.486 e. The lowest BCUT2D eigenvalue weighted by atomic mass is 10.1. The highest BCUT2D eigenvalue weighted by Crippen LogP contribution is 2.35. The van der Waals surface area contributed by atoms with Crippen molar-refractivity contribution < 1.29 is 19.1 Å². The molecular formula is C19H21N3O4S. The van der Waals surface area contributed by atoms with Crippen LogP contribution in [0.3, 0.4) is 0 Å². The number of hydrogen-bond donors (Lipinski definition) is 2. The molecule has 1 aromatic heterocycles. The minimum absolute atomic E-state index is 0.201. The van der Waals surface area contributed by atoms with E-state index in [2.05, 4.69) is 15.6 Å². The molecule has 1 saturated carbocycles. The van der Waals surface area contributed by atoms with Crippen molar-refractivity contribution in [2.24, 2.45) is 0 Å². The van der Waals surface area contributed by atoms with E-state index in [1.54, 1.807) is 18.2 Å². The van der Waals surface area contributed by atoms with Crippen molar-refractivity contribution in [3.63, 3.8) is 0 Å². The molecule has 0 radical (unpaired) electrons. The van der Waals surface area contributed by atoms with Crippen molar-refractivity contribution in [1.82, 2.24) is 4.98 Å².